The molecule has 0 aromatic carbocycles. The van der Waals surface area contributed by atoms with Crippen LogP contribution in [0, 0.1) is 11.3 Å². The Morgan fingerprint density at radius 1 is 1.70 bits per heavy atom. The molecule has 1 saturated carbocycles. The molecular formula is C8H12O2. The van der Waals surface area contributed by atoms with Gasteiger partial charge in [0.2, 0.25) is 0 Å². The molecule has 0 unspecified atom stereocenters. The van der Waals surface area contributed by atoms with Crippen LogP contribution in [0.3, 0.4) is 0 Å². The van der Waals surface area contributed by atoms with Gasteiger partial charge < -0.3 is 4.74 Å². The number of carbonyl (C=O) groups is 1. The van der Waals surface area contributed by atoms with Gasteiger partial charge in [0, 0.05) is 5.41 Å². The first kappa shape index (κ1) is 6.20. The van der Waals surface area contributed by atoms with Crippen LogP contribution < -0.4 is 0 Å². The predicted molar refractivity (Wildman–Crippen MR) is 36.4 cm³/mol. The van der Waals surface area contributed by atoms with Crippen LogP contribution in [-0.4, -0.2) is 12.6 Å². The summed E-state index contributed by atoms with van der Waals surface area (Å²) in [5.41, 5.74) is 0.205. The topological polar surface area (TPSA) is 26.3 Å². The summed E-state index contributed by atoms with van der Waals surface area (Å²) in [5.74, 6) is 0.271. The lowest BCUT2D eigenvalue weighted by Gasteiger charge is -2.17. The number of hydrogen-bond donors (Lipinski definition) is 0. The highest BCUT2D eigenvalue weighted by Gasteiger charge is 2.49. The Labute approximate surface area is 60.6 Å². The smallest absolute Gasteiger partial charge is 0.309 e. The highest BCUT2D eigenvalue weighted by molar-refractivity contribution is 5.76. The van der Waals surface area contributed by atoms with Crippen LogP contribution in [0.25, 0.3) is 0 Å². The summed E-state index contributed by atoms with van der Waals surface area (Å²) < 4.78 is 4.98. The summed E-state index contributed by atoms with van der Waals surface area (Å²) in [7, 11) is 0. The fraction of sp³-hybridized carbons (Fsp3) is 0.875. The van der Waals surface area contributed by atoms with E-state index in [1.54, 1.807) is 0 Å². The van der Waals surface area contributed by atoms with Gasteiger partial charge in [0.1, 0.15) is 0 Å². The van der Waals surface area contributed by atoms with E-state index in [-0.39, 0.29) is 17.3 Å². The summed E-state index contributed by atoms with van der Waals surface area (Å²) in [6.45, 7) is 2.83. The molecule has 1 saturated heterocycles. The molecule has 1 heterocycles. The van der Waals surface area contributed by atoms with Crippen molar-refractivity contribution in [1.82, 2.24) is 0 Å². The molecule has 2 aliphatic rings. The van der Waals surface area contributed by atoms with Crippen molar-refractivity contribution in [3.8, 4) is 0 Å². The van der Waals surface area contributed by atoms with Crippen LogP contribution >= 0.6 is 0 Å². The van der Waals surface area contributed by atoms with Crippen molar-refractivity contribution >= 4 is 5.97 Å². The number of fused-ring (bicyclic) bond motifs is 1. The van der Waals surface area contributed by atoms with E-state index in [0.717, 1.165) is 6.42 Å². The van der Waals surface area contributed by atoms with Crippen molar-refractivity contribution in [3.63, 3.8) is 0 Å². The molecule has 56 valence electrons. The first-order valence-electron chi connectivity index (χ1n) is 3.89. The summed E-state index contributed by atoms with van der Waals surface area (Å²) >= 11 is 0. The Kier molecular flexibility index (Phi) is 1.08. The Bertz CT molecular complexity index is 176. The molecule has 0 aromatic rings. The summed E-state index contributed by atoms with van der Waals surface area (Å²) in [6, 6.07) is 0. The summed E-state index contributed by atoms with van der Waals surface area (Å²) in [4.78, 5) is 11.0. The molecule has 0 N–H and O–H groups in total. The third-order valence-corrected chi connectivity index (χ3v) is 2.91. The van der Waals surface area contributed by atoms with Gasteiger partial charge >= 0.3 is 5.97 Å². The van der Waals surface area contributed by atoms with Gasteiger partial charge in [0.25, 0.3) is 0 Å². The van der Waals surface area contributed by atoms with Gasteiger partial charge in [-0.3, -0.25) is 4.79 Å². The largest absolute Gasteiger partial charge is 0.465 e. The van der Waals surface area contributed by atoms with Gasteiger partial charge in [-0.1, -0.05) is 13.3 Å². The Hall–Kier alpha value is -0.530. The molecule has 2 atom stereocenters. The van der Waals surface area contributed by atoms with Gasteiger partial charge in [-0.2, -0.15) is 0 Å². The van der Waals surface area contributed by atoms with Crippen LogP contribution in [0.4, 0.5) is 0 Å². The minimum Gasteiger partial charge on any atom is -0.465 e. The van der Waals surface area contributed by atoms with Gasteiger partial charge in [-0.15, -0.1) is 0 Å². The minimum atomic E-state index is 0.0417. The molecule has 2 nitrogen and oxygen atoms in total. The van der Waals surface area contributed by atoms with Crippen molar-refractivity contribution in [1.29, 1.82) is 0 Å². The molecule has 10 heavy (non-hydrogen) atoms. The lowest BCUT2D eigenvalue weighted by atomic mass is 9.83. The second-order valence-corrected chi connectivity index (χ2v) is 3.71. The van der Waals surface area contributed by atoms with E-state index in [0.29, 0.717) is 6.61 Å². The predicted octanol–water partition coefficient (Wildman–Crippen LogP) is 1.35. The van der Waals surface area contributed by atoms with E-state index in [2.05, 4.69) is 6.92 Å². The van der Waals surface area contributed by atoms with E-state index in [1.165, 1.54) is 12.8 Å². The van der Waals surface area contributed by atoms with Gasteiger partial charge in [0.15, 0.2) is 0 Å². The average Bonchev–Trinajstić information content (AvgIpc) is 2.35. The monoisotopic (exact) mass is 140 g/mol. The van der Waals surface area contributed by atoms with Crippen LogP contribution in [0.15, 0.2) is 0 Å². The van der Waals surface area contributed by atoms with E-state index in [4.69, 9.17) is 4.74 Å². The molecule has 2 fully saturated rings. The Morgan fingerprint density at radius 3 is 3.20 bits per heavy atom. The maximum absolute atomic E-state index is 11.0. The molecule has 0 bridgehead atoms. The zero-order valence-electron chi connectivity index (χ0n) is 6.22. The molecule has 0 radical (unpaired) electrons. The van der Waals surface area contributed by atoms with Crippen LogP contribution in [0.1, 0.15) is 26.2 Å². The maximum Gasteiger partial charge on any atom is 0.309 e. The maximum atomic E-state index is 11.0. The molecule has 1 aliphatic carbocycles. The van der Waals surface area contributed by atoms with Crippen molar-refractivity contribution in [2.24, 2.45) is 11.3 Å². The number of rotatable bonds is 0. The summed E-state index contributed by atoms with van der Waals surface area (Å²) in [6.07, 6.45) is 3.43. The van der Waals surface area contributed by atoms with Crippen molar-refractivity contribution in [2.75, 3.05) is 6.61 Å². The average molecular weight is 140 g/mol. The third kappa shape index (κ3) is 0.619. The Balaban J connectivity index is 2.27. The normalized spacial score (nSPS) is 45.3. The van der Waals surface area contributed by atoms with Crippen molar-refractivity contribution < 1.29 is 9.53 Å². The van der Waals surface area contributed by atoms with E-state index in [9.17, 15) is 4.79 Å². The highest BCUT2D eigenvalue weighted by atomic mass is 16.5. The van der Waals surface area contributed by atoms with Gasteiger partial charge in [-0.25, -0.2) is 0 Å². The second kappa shape index (κ2) is 1.74. The first-order valence-corrected chi connectivity index (χ1v) is 3.89. The van der Waals surface area contributed by atoms with Crippen LogP contribution in [0.5, 0.6) is 0 Å². The molecular weight excluding hydrogens is 128 g/mol. The quantitative estimate of drug-likeness (QED) is 0.475. The van der Waals surface area contributed by atoms with E-state index >= 15 is 0 Å². The molecule has 1 aliphatic heterocycles. The minimum absolute atomic E-state index is 0.0417. The first-order chi connectivity index (χ1) is 4.72. The van der Waals surface area contributed by atoms with Crippen molar-refractivity contribution in [2.45, 2.75) is 26.2 Å². The van der Waals surface area contributed by atoms with Gasteiger partial charge in [0.05, 0.1) is 12.5 Å². The molecule has 2 heteroatoms. The molecule has 0 aromatic heterocycles. The van der Waals surface area contributed by atoms with Crippen molar-refractivity contribution in [3.05, 3.63) is 0 Å². The molecule has 0 spiro atoms. The number of carbonyl (C=O) groups excluding carboxylic acids is 1. The highest BCUT2D eigenvalue weighted by Crippen LogP contribution is 2.47. The van der Waals surface area contributed by atoms with E-state index < -0.39 is 0 Å². The zero-order chi connectivity index (χ0) is 7.19. The van der Waals surface area contributed by atoms with Crippen LogP contribution in [-0.2, 0) is 9.53 Å². The lowest BCUT2D eigenvalue weighted by Crippen LogP contribution is -2.20. The fourth-order valence-corrected chi connectivity index (χ4v) is 2.14. The molecule has 2 rings (SSSR count). The number of cyclic esters (lactones) is 1. The second-order valence-electron chi connectivity index (χ2n) is 3.71. The number of ether oxygens (including phenoxy) is 1. The standard InChI is InChI=1S/C8H12O2/c1-8-4-2-3-6(8)7(9)10-5-8/h6H,2-5H2,1H3/t6-,8+/m1/s1. The molecule has 0 amide bonds. The number of hydrogen-bond acceptors (Lipinski definition) is 2. The lowest BCUT2D eigenvalue weighted by molar-refractivity contribution is -0.141. The van der Waals surface area contributed by atoms with Gasteiger partial charge in [-0.05, 0) is 12.8 Å². The summed E-state index contributed by atoms with van der Waals surface area (Å²) in [5, 5.41) is 0. The SMILES string of the molecule is C[C@@]12CCC[C@@H]1C(=O)OC2. The third-order valence-electron chi connectivity index (χ3n) is 2.91. The number of esters is 1. The fourth-order valence-electron chi connectivity index (χ4n) is 2.14. The van der Waals surface area contributed by atoms with Crippen LogP contribution in [0.2, 0.25) is 0 Å². The Morgan fingerprint density at radius 2 is 2.50 bits per heavy atom. The zero-order valence-corrected chi connectivity index (χ0v) is 6.22. The van der Waals surface area contributed by atoms with E-state index in [1.807, 2.05) is 0 Å².